The van der Waals surface area contributed by atoms with Crippen LogP contribution >= 0.6 is 22.9 Å². The van der Waals surface area contributed by atoms with E-state index >= 15 is 0 Å². The minimum atomic E-state index is -0.233. The number of amides is 2. The second kappa shape index (κ2) is 8.76. The molecule has 0 unspecified atom stereocenters. The number of nitrogens with one attached hydrogen (secondary N) is 2. The summed E-state index contributed by atoms with van der Waals surface area (Å²) in [4.78, 5) is 29.9. The first-order chi connectivity index (χ1) is 13.7. The number of benzene rings is 2. The highest BCUT2D eigenvalue weighted by Crippen LogP contribution is 2.30. The molecule has 0 aliphatic heterocycles. The van der Waals surface area contributed by atoms with E-state index in [1.807, 2.05) is 58.0 Å². The Morgan fingerprint density at radius 3 is 2.52 bits per heavy atom. The van der Waals surface area contributed by atoms with Crippen molar-refractivity contribution in [2.75, 3.05) is 10.6 Å². The third-order valence-corrected chi connectivity index (χ3v) is 5.79. The van der Waals surface area contributed by atoms with Gasteiger partial charge in [0.25, 0.3) is 5.91 Å². The molecule has 1 aromatic heterocycles. The summed E-state index contributed by atoms with van der Waals surface area (Å²) in [6, 6.07) is 12.8. The number of carbonyl (C=O) groups excluding carboxylic acids is 2. The van der Waals surface area contributed by atoms with Gasteiger partial charge in [-0.15, -0.1) is 11.3 Å². The molecule has 0 saturated carbocycles. The summed E-state index contributed by atoms with van der Waals surface area (Å²) >= 11 is 7.39. The highest BCUT2D eigenvalue weighted by Gasteiger charge is 2.18. The summed E-state index contributed by atoms with van der Waals surface area (Å²) in [6.45, 7) is 7.37. The largest absolute Gasteiger partial charge is 0.326 e. The average Bonchev–Trinajstić information content (AvgIpc) is 3.06. The molecule has 5 nitrogen and oxygen atoms in total. The average molecular weight is 428 g/mol. The summed E-state index contributed by atoms with van der Waals surface area (Å²) in [7, 11) is 0. The fourth-order valence-electron chi connectivity index (χ4n) is 2.65. The minimum Gasteiger partial charge on any atom is -0.326 e. The van der Waals surface area contributed by atoms with Crippen LogP contribution < -0.4 is 10.6 Å². The van der Waals surface area contributed by atoms with Gasteiger partial charge in [-0.1, -0.05) is 43.6 Å². The van der Waals surface area contributed by atoms with Crippen molar-refractivity contribution >= 4 is 46.1 Å². The first-order valence-electron chi connectivity index (χ1n) is 9.21. The zero-order valence-corrected chi connectivity index (χ0v) is 18.2. The van der Waals surface area contributed by atoms with Crippen LogP contribution in [0.15, 0.2) is 42.5 Å². The highest BCUT2D eigenvalue weighted by molar-refractivity contribution is 7.17. The highest BCUT2D eigenvalue weighted by atomic mass is 35.5. The van der Waals surface area contributed by atoms with Crippen molar-refractivity contribution in [1.82, 2.24) is 4.98 Å². The Bertz CT molecular complexity index is 1080. The number of rotatable bonds is 5. The van der Waals surface area contributed by atoms with Gasteiger partial charge in [0.2, 0.25) is 5.91 Å². The van der Waals surface area contributed by atoms with E-state index in [0.717, 1.165) is 16.1 Å². The number of nitrogens with zero attached hydrogens (tertiary/aromatic N) is 1. The summed E-state index contributed by atoms with van der Waals surface area (Å²) in [5.74, 6) is -0.432. The monoisotopic (exact) mass is 427 g/mol. The lowest BCUT2D eigenvalue weighted by Crippen LogP contribution is -2.18. The smallest absolute Gasteiger partial charge is 0.267 e. The van der Waals surface area contributed by atoms with Crippen LogP contribution in [-0.2, 0) is 4.79 Å². The SMILES string of the molecule is Cc1ccc(NC(=O)C(C)C)cc1NC(=O)c1sc(-c2cccc(Cl)c2)nc1C. The summed E-state index contributed by atoms with van der Waals surface area (Å²) in [6.07, 6.45) is 0. The number of hydrogen-bond donors (Lipinski definition) is 2. The Morgan fingerprint density at radius 1 is 1.07 bits per heavy atom. The molecule has 0 radical (unpaired) electrons. The van der Waals surface area contributed by atoms with Gasteiger partial charge in [-0.2, -0.15) is 0 Å². The zero-order chi connectivity index (χ0) is 21.1. The van der Waals surface area contributed by atoms with E-state index in [-0.39, 0.29) is 17.7 Å². The molecule has 2 amide bonds. The van der Waals surface area contributed by atoms with Crippen LogP contribution in [0.1, 0.15) is 34.8 Å². The molecule has 2 N–H and O–H groups in total. The molecule has 3 aromatic rings. The molecule has 1 heterocycles. The molecular weight excluding hydrogens is 406 g/mol. The molecule has 7 heteroatoms. The summed E-state index contributed by atoms with van der Waals surface area (Å²) in [5, 5.41) is 7.16. The van der Waals surface area contributed by atoms with E-state index in [0.29, 0.717) is 27.0 Å². The Morgan fingerprint density at radius 2 is 1.83 bits per heavy atom. The lowest BCUT2D eigenvalue weighted by Gasteiger charge is -2.12. The maximum absolute atomic E-state index is 12.9. The van der Waals surface area contributed by atoms with Crippen LogP contribution in [-0.4, -0.2) is 16.8 Å². The maximum atomic E-state index is 12.9. The third-order valence-electron chi connectivity index (χ3n) is 4.35. The van der Waals surface area contributed by atoms with Crippen LogP contribution in [0, 0.1) is 19.8 Å². The summed E-state index contributed by atoms with van der Waals surface area (Å²) < 4.78 is 0. The molecule has 2 aromatic carbocycles. The van der Waals surface area contributed by atoms with E-state index in [4.69, 9.17) is 11.6 Å². The van der Waals surface area contributed by atoms with Gasteiger partial charge in [-0.05, 0) is 43.7 Å². The molecule has 0 fully saturated rings. The molecule has 29 heavy (non-hydrogen) atoms. The van der Waals surface area contributed by atoms with Crippen LogP contribution in [0.3, 0.4) is 0 Å². The van der Waals surface area contributed by atoms with Crippen molar-refractivity contribution in [3.8, 4) is 10.6 Å². The van der Waals surface area contributed by atoms with Gasteiger partial charge in [0.15, 0.2) is 0 Å². The van der Waals surface area contributed by atoms with E-state index in [9.17, 15) is 9.59 Å². The molecule has 0 aliphatic rings. The van der Waals surface area contributed by atoms with E-state index in [2.05, 4.69) is 15.6 Å². The predicted molar refractivity (Wildman–Crippen MR) is 120 cm³/mol. The summed E-state index contributed by atoms with van der Waals surface area (Å²) in [5.41, 5.74) is 3.72. The van der Waals surface area contributed by atoms with Gasteiger partial charge in [0.05, 0.1) is 5.69 Å². The molecule has 0 atom stereocenters. The quantitative estimate of drug-likeness (QED) is 0.530. The predicted octanol–water partition coefficient (Wildman–Crippen LogP) is 5.93. The van der Waals surface area contributed by atoms with Crippen LogP contribution in [0.5, 0.6) is 0 Å². The second-order valence-corrected chi connectivity index (χ2v) is 8.51. The Balaban J connectivity index is 1.83. The fraction of sp³-hybridized carbons (Fsp3) is 0.227. The number of anilines is 2. The van der Waals surface area contributed by atoms with Crippen LogP contribution in [0.4, 0.5) is 11.4 Å². The second-order valence-electron chi connectivity index (χ2n) is 7.07. The normalized spacial score (nSPS) is 10.8. The van der Waals surface area contributed by atoms with Gasteiger partial charge >= 0.3 is 0 Å². The van der Waals surface area contributed by atoms with Crippen molar-refractivity contribution in [1.29, 1.82) is 0 Å². The molecule has 0 saturated heterocycles. The number of aromatic nitrogens is 1. The molecule has 0 aliphatic carbocycles. The first-order valence-corrected chi connectivity index (χ1v) is 10.4. The third kappa shape index (κ3) is 5.02. The number of carbonyl (C=O) groups is 2. The Hall–Kier alpha value is -2.70. The van der Waals surface area contributed by atoms with Crippen molar-refractivity contribution in [2.45, 2.75) is 27.7 Å². The Labute approximate surface area is 179 Å². The fourth-order valence-corrected chi connectivity index (χ4v) is 3.80. The maximum Gasteiger partial charge on any atom is 0.267 e. The molecule has 0 spiro atoms. The Kier molecular flexibility index (Phi) is 6.35. The number of aryl methyl sites for hydroxylation is 2. The zero-order valence-electron chi connectivity index (χ0n) is 16.7. The van der Waals surface area contributed by atoms with Gasteiger partial charge in [-0.25, -0.2) is 4.98 Å². The number of thiazole rings is 1. The van der Waals surface area contributed by atoms with Crippen LogP contribution in [0.2, 0.25) is 5.02 Å². The lowest BCUT2D eigenvalue weighted by atomic mass is 10.1. The van der Waals surface area contributed by atoms with Gasteiger partial charge in [-0.3, -0.25) is 9.59 Å². The van der Waals surface area contributed by atoms with Gasteiger partial charge < -0.3 is 10.6 Å². The van der Waals surface area contributed by atoms with Crippen molar-refractivity contribution in [3.05, 3.63) is 63.6 Å². The van der Waals surface area contributed by atoms with Crippen LogP contribution in [0.25, 0.3) is 10.6 Å². The standard InChI is InChI=1S/C22H22ClN3O2S/c1-12(2)20(27)25-17-9-8-13(3)18(11-17)26-21(28)19-14(4)24-22(29-19)15-6-5-7-16(23)10-15/h5-12H,1-4H3,(H,25,27)(H,26,28). The first kappa shape index (κ1) is 21.0. The molecule has 0 bridgehead atoms. The topological polar surface area (TPSA) is 71.1 Å². The lowest BCUT2D eigenvalue weighted by molar-refractivity contribution is -0.118. The van der Waals surface area contributed by atoms with Crippen molar-refractivity contribution < 1.29 is 9.59 Å². The number of halogens is 1. The van der Waals surface area contributed by atoms with Crippen molar-refractivity contribution in [3.63, 3.8) is 0 Å². The van der Waals surface area contributed by atoms with E-state index in [1.165, 1.54) is 11.3 Å². The van der Waals surface area contributed by atoms with E-state index in [1.54, 1.807) is 12.1 Å². The number of hydrogen-bond acceptors (Lipinski definition) is 4. The molecule has 150 valence electrons. The van der Waals surface area contributed by atoms with E-state index < -0.39 is 0 Å². The molecular formula is C22H22ClN3O2S. The minimum absolute atomic E-state index is 0.0735. The van der Waals surface area contributed by atoms with Gasteiger partial charge in [0.1, 0.15) is 9.88 Å². The van der Waals surface area contributed by atoms with Crippen molar-refractivity contribution in [2.24, 2.45) is 5.92 Å². The molecule has 3 rings (SSSR count). The van der Waals surface area contributed by atoms with Gasteiger partial charge in [0, 0.05) is 27.9 Å².